The number of nitrogens with one attached hydrogen (secondary N) is 2. The van der Waals surface area contributed by atoms with Crippen molar-refractivity contribution in [3.05, 3.63) is 30.4 Å². The molecule has 0 fully saturated rings. The van der Waals surface area contributed by atoms with E-state index in [1.165, 1.54) is 11.8 Å². The topological polar surface area (TPSA) is 145 Å². The van der Waals surface area contributed by atoms with E-state index in [-0.39, 0.29) is 12.5 Å². The number of rotatable bonds is 8. The van der Waals surface area contributed by atoms with Gasteiger partial charge in [-0.05, 0) is 12.1 Å². The number of benzene rings is 1. The third kappa shape index (κ3) is 9.95. The molecule has 0 saturated heterocycles. The Labute approximate surface area is 166 Å². The smallest absolute Gasteiger partial charge is 0.328 e. The lowest BCUT2D eigenvalue weighted by Crippen LogP contribution is -2.35. The lowest BCUT2D eigenvalue weighted by atomic mass is 10.3. The van der Waals surface area contributed by atoms with Crippen LogP contribution in [0.4, 0.5) is 5.69 Å². The average molecular weight is 412 g/mol. The maximum absolute atomic E-state index is 11.3. The molecular formula is C18H24N2O7S. The van der Waals surface area contributed by atoms with Gasteiger partial charge >= 0.3 is 11.9 Å². The predicted octanol–water partition coefficient (Wildman–Crippen LogP) is 1.18. The fourth-order valence-corrected chi connectivity index (χ4v) is 2.71. The van der Waals surface area contributed by atoms with Crippen LogP contribution in [0.15, 0.2) is 35.2 Å². The van der Waals surface area contributed by atoms with Gasteiger partial charge in [0.1, 0.15) is 18.5 Å². The van der Waals surface area contributed by atoms with Crippen molar-refractivity contribution in [3.8, 4) is 5.75 Å². The quantitative estimate of drug-likeness (QED) is 0.397. The van der Waals surface area contributed by atoms with E-state index in [4.69, 9.17) is 14.9 Å². The Hall–Kier alpha value is -2.56. The van der Waals surface area contributed by atoms with Gasteiger partial charge in [0.15, 0.2) is 0 Å². The van der Waals surface area contributed by atoms with Crippen molar-refractivity contribution in [2.24, 2.45) is 0 Å². The van der Waals surface area contributed by atoms with Crippen LogP contribution in [0, 0.1) is 0 Å². The van der Waals surface area contributed by atoms with Crippen molar-refractivity contribution >= 4 is 35.3 Å². The lowest BCUT2D eigenvalue weighted by Gasteiger charge is -2.18. The van der Waals surface area contributed by atoms with Gasteiger partial charge in [0.2, 0.25) is 5.91 Å². The van der Waals surface area contributed by atoms with Gasteiger partial charge in [-0.15, -0.1) is 11.8 Å². The Kier molecular flexibility index (Phi) is 10.1. The molecule has 1 aromatic carbocycles. The molecule has 0 bridgehead atoms. The first-order valence-corrected chi connectivity index (χ1v) is 9.40. The van der Waals surface area contributed by atoms with Gasteiger partial charge < -0.3 is 30.7 Å². The second-order valence-corrected chi connectivity index (χ2v) is 7.05. The van der Waals surface area contributed by atoms with Gasteiger partial charge in [-0.1, -0.05) is 13.8 Å². The molecule has 5 N–H and O–H groups in total. The van der Waals surface area contributed by atoms with Crippen molar-refractivity contribution in [3.63, 3.8) is 0 Å². The van der Waals surface area contributed by atoms with E-state index in [1.54, 1.807) is 6.07 Å². The van der Waals surface area contributed by atoms with Crippen LogP contribution in [-0.2, 0) is 14.4 Å². The number of aliphatic hydroxyl groups is 1. The van der Waals surface area contributed by atoms with Crippen molar-refractivity contribution in [2.75, 3.05) is 24.2 Å². The highest BCUT2D eigenvalue weighted by molar-refractivity contribution is 8.00. The third-order valence-corrected chi connectivity index (χ3v) is 4.23. The second-order valence-electron chi connectivity index (χ2n) is 6.03. The number of anilines is 1. The second kappa shape index (κ2) is 12.0. The fraction of sp³-hybridized carbons (Fsp3) is 0.389. The minimum absolute atomic E-state index is 0.000758. The van der Waals surface area contributed by atoms with Crippen molar-refractivity contribution in [1.82, 2.24) is 5.32 Å². The first-order valence-electron chi connectivity index (χ1n) is 8.42. The van der Waals surface area contributed by atoms with Crippen LogP contribution in [0.1, 0.15) is 13.8 Å². The molecule has 28 heavy (non-hydrogen) atoms. The number of aliphatic hydroxyl groups excluding tert-OH is 1. The monoisotopic (exact) mass is 412 g/mol. The molecule has 0 radical (unpaired) electrons. The molecule has 0 aliphatic carbocycles. The Morgan fingerprint density at radius 1 is 1.29 bits per heavy atom. The molecule has 0 aromatic heterocycles. The normalized spacial score (nSPS) is 13.9. The van der Waals surface area contributed by atoms with Gasteiger partial charge in [0.05, 0.1) is 11.4 Å². The number of thioether (sulfide) groups is 1. The molecule has 1 unspecified atom stereocenters. The summed E-state index contributed by atoms with van der Waals surface area (Å²) in [6, 6.07) is 5.90. The van der Waals surface area contributed by atoms with Gasteiger partial charge in [0.25, 0.3) is 0 Å². The van der Waals surface area contributed by atoms with E-state index in [0.717, 1.165) is 10.6 Å². The number of carbonyl (C=O) groups is 3. The van der Waals surface area contributed by atoms with Crippen LogP contribution in [0.5, 0.6) is 5.75 Å². The minimum atomic E-state index is -1.26. The van der Waals surface area contributed by atoms with E-state index in [0.29, 0.717) is 36.2 Å². The number of hydrogen-bond acceptors (Lipinski definition) is 7. The number of amides is 1. The predicted molar refractivity (Wildman–Crippen MR) is 105 cm³/mol. The Morgan fingerprint density at radius 2 is 1.93 bits per heavy atom. The summed E-state index contributed by atoms with van der Waals surface area (Å²) in [6.45, 7) is 4.77. The summed E-state index contributed by atoms with van der Waals surface area (Å²) in [7, 11) is 0. The summed E-state index contributed by atoms with van der Waals surface area (Å²) >= 11 is 1.51. The minimum Gasteiger partial charge on any atom is -0.491 e. The van der Waals surface area contributed by atoms with Gasteiger partial charge in [0, 0.05) is 35.7 Å². The summed E-state index contributed by atoms with van der Waals surface area (Å²) in [5.41, 5.74) is 0.776. The molecule has 1 amide bonds. The molecule has 10 heteroatoms. The molecule has 1 aromatic rings. The first-order chi connectivity index (χ1) is 13.2. The zero-order valence-electron chi connectivity index (χ0n) is 15.5. The zero-order chi connectivity index (χ0) is 21.1. The molecule has 0 saturated carbocycles. The average Bonchev–Trinajstić information content (AvgIpc) is 2.63. The number of ether oxygens (including phenoxy) is 1. The summed E-state index contributed by atoms with van der Waals surface area (Å²) in [5, 5.41) is 31.4. The van der Waals surface area contributed by atoms with Crippen molar-refractivity contribution < 1.29 is 34.4 Å². The molecule has 2 rings (SSSR count). The molecule has 1 heterocycles. The van der Waals surface area contributed by atoms with Gasteiger partial charge in [-0.2, -0.15) is 0 Å². The number of hydrogen-bond donors (Lipinski definition) is 5. The van der Waals surface area contributed by atoms with Crippen LogP contribution >= 0.6 is 11.8 Å². The highest BCUT2D eigenvalue weighted by Crippen LogP contribution is 2.34. The molecular weight excluding hydrogens is 388 g/mol. The van der Waals surface area contributed by atoms with E-state index in [9.17, 15) is 19.5 Å². The van der Waals surface area contributed by atoms with Crippen LogP contribution in [-0.4, -0.2) is 64.2 Å². The Morgan fingerprint density at radius 3 is 2.50 bits per heavy atom. The number of aliphatic carboxylic acids is 2. The molecule has 154 valence electrons. The van der Waals surface area contributed by atoms with Crippen LogP contribution < -0.4 is 15.4 Å². The highest BCUT2D eigenvalue weighted by Gasteiger charge is 2.16. The number of carboxylic acids is 2. The van der Waals surface area contributed by atoms with Crippen LogP contribution in [0.25, 0.3) is 0 Å². The molecule has 0 spiro atoms. The fourth-order valence-electron chi connectivity index (χ4n) is 1.92. The van der Waals surface area contributed by atoms with Crippen LogP contribution in [0.2, 0.25) is 0 Å². The molecule has 9 nitrogen and oxygen atoms in total. The maximum Gasteiger partial charge on any atom is 0.328 e. The SMILES string of the molecule is CC(C)NCC(O)COc1ccc2c(c1)NC(=O)CS2.O=C(O)/C=C/C(=O)O. The van der Waals surface area contributed by atoms with Crippen molar-refractivity contribution in [2.45, 2.75) is 30.9 Å². The van der Waals surface area contributed by atoms with Gasteiger partial charge in [-0.3, -0.25) is 4.79 Å². The summed E-state index contributed by atoms with van der Waals surface area (Å²) in [6.07, 6.45) is 0.558. The number of carbonyl (C=O) groups excluding carboxylic acids is 1. The largest absolute Gasteiger partial charge is 0.491 e. The standard InChI is InChI=1S/C14H20N2O3S.C4H4O4/c1-9(2)15-6-10(17)7-19-11-3-4-13-12(5-11)16-14(18)8-20-13;5-3(6)1-2-4(7)8/h3-5,9-10,15,17H,6-8H2,1-2H3,(H,16,18);1-2H,(H,5,6)(H,7,8)/b;2-1+. The third-order valence-electron chi connectivity index (χ3n) is 3.16. The summed E-state index contributed by atoms with van der Waals surface area (Å²) in [5.74, 6) is -1.41. The number of fused-ring (bicyclic) bond motifs is 1. The number of carboxylic acid groups (broad SMARTS) is 2. The molecule has 1 aliphatic heterocycles. The molecule has 1 aliphatic rings. The van der Waals surface area contributed by atoms with Gasteiger partial charge in [-0.25, -0.2) is 9.59 Å². The first kappa shape index (κ1) is 23.5. The van der Waals surface area contributed by atoms with E-state index < -0.39 is 18.0 Å². The van der Waals surface area contributed by atoms with E-state index >= 15 is 0 Å². The Balaban J connectivity index is 0.000000416. The zero-order valence-corrected chi connectivity index (χ0v) is 16.4. The maximum atomic E-state index is 11.3. The summed E-state index contributed by atoms with van der Waals surface area (Å²) < 4.78 is 5.55. The van der Waals surface area contributed by atoms with Crippen molar-refractivity contribution in [1.29, 1.82) is 0 Å². The Bertz CT molecular complexity index is 706. The van der Waals surface area contributed by atoms with E-state index in [2.05, 4.69) is 10.6 Å². The summed E-state index contributed by atoms with van der Waals surface area (Å²) in [4.78, 5) is 31.5. The molecule has 1 atom stereocenters. The van der Waals surface area contributed by atoms with Crippen LogP contribution in [0.3, 0.4) is 0 Å². The lowest BCUT2D eigenvalue weighted by molar-refractivity contribution is -0.134. The highest BCUT2D eigenvalue weighted by atomic mass is 32.2. The van der Waals surface area contributed by atoms with E-state index in [1.807, 2.05) is 26.0 Å².